The van der Waals surface area contributed by atoms with E-state index in [1.807, 2.05) is 6.92 Å². The molecule has 0 saturated carbocycles. The molecule has 0 unspecified atom stereocenters. The molecule has 0 atom stereocenters. The number of unbranched alkanes of at least 4 members (excludes halogenated alkanes) is 1. The van der Waals surface area contributed by atoms with Crippen molar-refractivity contribution in [3.8, 4) is 11.8 Å². The fourth-order valence-electron chi connectivity index (χ4n) is 0.406. The third-order valence-corrected chi connectivity index (χ3v) is 0.883. The summed E-state index contributed by atoms with van der Waals surface area (Å²) in [6, 6.07) is 0. The van der Waals surface area contributed by atoms with E-state index < -0.39 is 5.97 Å². The Balaban J connectivity index is 3.35. The number of ether oxygens (including phenoxy) is 1. The fraction of sp³-hybridized carbons (Fsp3) is 0.500. The highest BCUT2D eigenvalue weighted by atomic mass is 16.5. The second kappa shape index (κ2) is 6.81. The topological polar surface area (TPSA) is 43.4 Å². The van der Waals surface area contributed by atoms with Gasteiger partial charge in [0.05, 0.1) is 0 Å². The molecule has 0 aliphatic heterocycles. The number of aldehydes is 1. The van der Waals surface area contributed by atoms with Crippen molar-refractivity contribution in [2.75, 3.05) is 6.61 Å². The third-order valence-electron chi connectivity index (χ3n) is 0.883. The van der Waals surface area contributed by atoms with E-state index in [9.17, 15) is 9.59 Å². The molecule has 3 nitrogen and oxygen atoms in total. The predicted octanol–water partition coefficient (Wildman–Crippen LogP) is 0.532. The summed E-state index contributed by atoms with van der Waals surface area (Å²) < 4.78 is 4.36. The Labute approximate surface area is 65.7 Å². The average molecular weight is 154 g/mol. The summed E-state index contributed by atoms with van der Waals surface area (Å²) in [5, 5.41) is 0. The van der Waals surface area contributed by atoms with E-state index in [0.717, 1.165) is 12.8 Å². The van der Waals surface area contributed by atoms with Crippen LogP contribution in [0.25, 0.3) is 0 Å². The lowest BCUT2D eigenvalue weighted by molar-refractivity contribution is -0.147. The highest BCUT2D eigenvalue weighted by Gasteiger charge is 1.93. The molecule has 0 amide bonds. The SMILES string of the molecule is CCCC#CCOC(=O)C=O. The summed E-state index contributed by atoms with van der Waals surface area (Å²) in [4.78, 5) is 19.9. The van der Waals surface area contributed by atoms with E-state index in [1.54, 1.807) is 0 Å². The number of carbonyl (C=O) groups is 2. The quantitative estimate of drug-likeness (QED) is 0.258. The summed E-state index contributed by atoms with van der Waals surface area (Å²) in [5.41, 5.74) is 0. The highest BCUT2D eigenvalue weighted by Crippen LogP contribution is 1.81. The van der Waals surface area contributed by atoms with Gasteiger partial charge in [0.2, 0.25) is 6.29 Å². The standard InChI is InChI=1S/C8H10O3/c1-2-3-4-5-6-11-8(10)7-9/h7H,2-3,6H2,1H3. The van der Waals surface area contributed by atoms with Crippen LogP contribution in [-0.4, -0.2) is 18.9 Å². The maximum Gasteiger partial charge on any atom is 0.372 e. The van der Waals surface area contributed by atoms with Crippen molar-refractivity contribution in [2.24, 2.45) is 0 Å². The lowest BCUT2D eigenvalue weighted by Crippen LogP contribution is -2.04. The van der Waals surface area contributed by atoms with Gasteiger partial charge in [-0.25, -0.2) is 4.79 Å². The molecule has 0 spiro atoms. The Kier molecular flexibility index (Phi) is 6.01. The summed E-state index contributed by atoms with van der Waals surface area (Å²) in [6.45, 7) is 2.02. The Morgan fingerprint density at radius 3 is 2.82 bits per heavy atom. The molecular weight excluding hydrogens is 144 g/mol. The van der Waals surface area contributed by atoms with Gasteiger partial charge in [0.25, 0.3) is 0 Å². The van der Waals surface area contributed by atoms with Gasteiger partial charge in [-0.2, -0.15) is 0 Å². The van der Waals surface area contributed by atoms with Gasteiger partial charge in [-0.1, -0.05) is 18.8 Å². The first-order chi connectivity index (χ1) is 5.31. The molecule has 0 N–H and O–H groups in total. The zero-order chi connectivity index (χ0) is 8.53. The summed E-state index contributed by atoms with van der Waals surface area (Å²) >= 11 is 0. The molecule has 0 aromatic carbocycles. The third kappa shape index (κ3) is 6.59. The monoisotopic (exact) mass is 154 g/mol. The number of carbonyl (C=O) groups excluding carboxylic acids is 2. The molecule has 0 bridgehead atoms. The molecule has 0 rings (SSSR count). The molecule has 0 aromatic heterocycles. The highest BCUT2D eigenvalue weighted by molar-refractivity contribution is 6.20. The number of esters is 1. The molecule has 0 radical (unpaired) electrons. The zero-order valence-corrected chi connectivity index (χ0v) is 6.42. The van der Waals surface area contributed by atoms with Crippen LogP contribution in [0.15, 0.2) is 0 Å². The van der Waals surface area contributed by atoms with Gasteiger partial charge in [-0.15, -0.1) is 0 Å². The normalized spacial score (nSPS) is 7.73. The Hall–Kier alpha value is -1.30. The Morgan fingerprint density at radius 2 is 2.27 bits per heavy atom. The van der Waals surface area contributed by atoms with Gasteiger partial charge in [0, 0.05) is 6.42 Å². The first kappa shape index (κ1) is 9.70. The van der Waals surface area contributed by atoms with Crippen LogP contribution in [0.2, 0.25) is 0 Å². The van der Waals surface area contributed by atoms with Crippen LogP contribution < -0.4 is 0 Å². The minimum Gasteiger partial charge on any atom is -0.447 e. The van der Waals surface area contributed by atoms with E-state index in [0.29, 0.717) is 0 Å². The van der Waals surface area contributed by atoms with Crippen LogP contribution in [0.1, 0.15) is 19.8 Å². The molecule has 11 heavy (non-hydrogen) atoms. The van der Waals surface area contributed by atoms with Crippen molar-refractivity contribution in [1.82, 2.24) is 0 Å². The number of hydrogen-bond donors (Lipinski definition) is 0. The molecule has 0 aliphatic rings. The van der Waals surface area contributed by atoms with E-state index in [2.05, 4.69) is 16.6 Å². The van der Waals surface area contributed by atoms with Crippen molar-refractivity contribution < 1.29 is 14.3 Å². The molecule has 0 heterocycles. The van der Waals surface area contributed by atoms with Crippen LogP contribution in [-0.2, 0) is 14.3 Å². The van der Waals surface area contributed by atoms with Crippen molar-refractivity contribution in [3.05, 3.63) is 0 Å². The van der Waals surface area contributed by atoms with Crippen molar-refractivity contribution in [2.45, 2.75) is 19.8 Å². The average Bonchev–Trinajstić information content (AvgIpc) is 2.04. The minimum absolute atomic E-state index is 0.0115. The molecule has 3 heteroatoms. The molecule has 0 aliphatic carbocycles. The molecule has 0 fully saturated rings. The first-order valence-electron chi connectivity index (χ1n) is 3.39. The van der Waals surface area contributed by atoms with E-state index in [1.165, 1.54) is 0 Å². The molecule has 0 saturated heterocycles. The zero-order valence-electron chi connectivity index (χ0n) is 6.42. The van der Waals surface area contributed by atoms with Crippen molar-refractivity contribution in [3.63, 3.8) is 0 Å². The summed E-state index contributed by atoms with van der Waals surface area (Å²) in [5.74, 6) is 4.51. The van der Waals surface area contributed by atoms with Gasteiger partial charge in [-0.3, -0.25) is 4.79 Å². The van der Waals surface area contributed by atoms with Crippen LogP contribution in [0.4, 0.5) is 0 Å². The van der Waals surface area contributed by atoms with Gasteiger partial charge in [0.15, 0.2) is 6.61 Å². The largest absolute Gasteiger partial charge is 0.447 e. The van der Waals surface area contributed by atoms with Crippen LogP contribution in [0.3, 0.4) is 0 Å². The van der Waals surface area contributed by atoms with Crippen LogP contribution in [0.5, 0.6) is 0 Å². The van der Waals surface area contributed by atoms with Crippen LogP contribution in [0, 0.1) is 11.8 Å². The van der Waals surface area contributed by atoms with E-state index in [4.69, 9.17) is 0 Å². The minimum atomic E-state index is -0.865. The maximum absolute atomic E-state index is 10.2. The maximum atomic E-state index is 10.2. The second-order valence-electron chi connectivity index (χ2n) is 1.83. The van der Waals surface area contributed by atoms with E-state index >= 15 is 0 Å². The number of hydrogen-bond acceptors (Lipinski definition) is 3. The Bertz CT molecular complexity index is 185. The molecule has 0 aromatic rings. The smallest absolute Gasteiger partial charge is 0.372 e. The van der Waals surface area contributed by atoms with Gasteiger partial charge >= 0.3 is 5.97 Å². The fourth-order valence-corrected chi connectivity index (χ4v) is 0.406. The lowest BCUT2D eigenvalue weighted by atomic mass is 10.3. The Morgan fingerprint density at radius 1 is 1.55 bits per heavy atom. The lowest BCUT2D eigenvalue weighted by Gasteiger charge is -1.89. The van der Waals surface area contributed by atoms with Gasteiger partial charge in [0.1, 0.15) is 0 Å². The molecule has 60 valence electrons. The number of rotatable bonds is 3. The molecular formula is C8H10O3. The van der Waals surface area contributed by atoms with Gasteiger partial charge in [-0.05, 0) is 6.42 Å². The predicted molar refractivity (Wildman–Crippen MR) is 39.7 cm³/mol. The van der Waals surface area contributed by atoms with E-state index in [-0.39, 0.29) is 12.9 Å². The summed E-state index contributed by atoms with van der Waals surface area (Å²) in [6.07, 6.45) is 1.90. The van der Waals surface area contributed by atoms with Gasteiger partial charge < -0.3 is 4.74 Å². The second-order valence-corrected chi connectivity index (χ2v) is 1.83. The first-order valence-corrected chi connectivity index (χ1v) is 3.39. The van der Waals surface area contributed by atoms with Crippen molar-refractivity contribution in [1.29, 1.82) is 0 Å². The van der Waals surface area contributed by atoms with Crippen molar-refractivity contribution >= 4 is 12.3 Å². The summed E-state index contributed by atoms with van der Waals surface area (Å²) in [7, 11) is 0. The van der Waals surface area contributed by atoms with Crippen LogP contribution >= 0.6 is 0 Å².